The minimum absolute atomic E-state index is 0.0237. The van der Waals surface area contributed by atoms with Crippen LogP contribution in [0.1, 0.15) is 12.6 Å². The van der Waals surface area contributed by atoms with Crippen LogP contribution in [0.25, 0.3) is 27.7 Å². The topological polar surface area (TPSA) is 86.9 Å². The first kappa shape index (κ1) is 18.9. The normalized spacial score (nSPS) is 12.3. The van der Waals surface area contributed by atoms with Crippen molar-refractivity contribution >= 4 is 47.8 Å². The molecule has 0 aliphatic carbocycles. The molecule has 7 nitrogen and oxygen atoms in total. The van der Waals surface area contributed by atoms with Crippen LogP contribution in [0.3, 0.4) is 0 Å². The predicted octanol–water partition coefficient (Wildman–Crippen LogP) is 2.95. The van der Waals surface area contributed by atoms with Gasteiger partial charge in [-0.25, -0.2) is 23.0 Å². The largest absolute Gasteiger partial charge is 0.367 e. The maximum atomic E-state index is 14.9. The average molecular weight is 422 g/mol. The molecular formula is C17H17F2N7S2. The van der Waals surface area contributed by atoms with Gasteiger partial charge in [0.2, 0.25) is 5.95 Å². The average Bonchev–Trinajstić information content (AvgIpc) is 3.13. The van der Waals surface area contributed by atoms with E-state index in [2.05, 4.69) is 45.7 Å². The number of aryl methyl sites for hydroxylation is 1. The van der Waals surface area contributed by atoms with Crippen molar-refractivity contribution in [1.29, 1.82) is 0 Å². The number of nitrogens with two attached hydrogens (primary N) is 1. The number of halogens is 2. The number of alkyl halides is 1. The molecule has 0 amide bonds. The van der Waals surface area contributed by atoms with Gasteiger partial charge in [0.1, 0.15) is 12.2 Å². The lowest BCUT2D eigenvalue weighted by atomic mass is 10.0. The fraction of sp³-hybridized carbons (Fsp3) is 0.294. The van der Waals surface area contributed by atoms with Crippen molar-refractivity contribution in [2.24, 2.45) is 0 Å². The Labute approximate surface area is 169 Å². The van der Waals surface area contributed by atoms with Crippen molar-refractivity contribution < 1.29 is 8.78 Å². The zero-order valence-electron chi connectivity index (χ0n) is 14.8. The first-order chi connectivity index (χ1) is 13.3. The van der Waals surface area contributed by atoms with Gasteiger partial charge in [-0.3, -0.25) is 0 Å². The molecular weight excluding hydrogens is 404 g/mol. The van der Waals surface area contributed by atoms with Gasteiger partial charge in [0.15, 0.2) is 5.82 Å². The number of hydrogen-bond donors (Lipinski definition) is 3. The highest BCUT2D eigenvalue weighted by molar-refractivity contribution is 8.00. The molecule has 0 saturated carbocycles. The van der Waals surface area contributed by atoms with E-state index < -0.39 is 16.6 Å². The number of aromatic nitrogens is 6. The van der Waals surface area contributed by atoms with E-state index in [0.717, 1.165) is 0 Å². The Kier molecular flexibility index (Phi) is 4.66. The van der Waals surface area contributed by atoms with Crippen LogP contribution in [0, 0.1) is 5.82 Å². The summed E-state index contributed by atoms with van der Waals surface area (Å²) in [6, 6.07) is 5.18. The molecule has 0 aliphatic heterocycles. The van der Waals surface area contributed by atoms with E-state index in [1.54, 1.807) is 25.1 Å². The van der Waals surface area contributed by atoms with E-state index in [4.69, 9.17) is 5.73 Å². The molecule has 1 aromatic carbocycles. The molecule has 0 fully saturated rings. The third-order valence-electron chi connectivity index (χ3n) is 4.27. The SMILES string of the molecule is CC(S)(S)Cc1nc(N)nn2cc(F)c(-c3ccc4nnn(CCF)c4c3)c12. The minimum Gasteiger partial charge on any atom is -0.367 e. The van der Waals surface area contributed by atoms with Gasteiger partial charge in [-0.1, -0.05) is 11.3 Å². The molecule has 0 saturated heterocycles. The number of thiol groups is 2. The molecule has 0 aliphatic rings. The van der Waals surface area contributed by atoms with Gasteiger partial charge in [0.05, 0.1) is 33.5 Å². The summed E-state index contributed by atoms with van der Waals surface area (Å²) in [4.78, 5) is 4.29. The van der Waals surface area contributed by atoms with E-state index in [1.807, 2.05) is 0 Å². The number of nitrogen functional groups attached to an aromatic ring is 1. The highest BCUT2D eigenvalue weighted by atomic mass is 32.2. The fourth-order valence-electron chi connectivity index (χ4n) is 3.22. The molecule has 0 spiro atoms. The second-order valence-corrected chi connectivity index (χ2v) is 8.99. The predicted molar refractivity (Wildman–Crippen MR) is 110 cm³/mol. The van der Waals surface area contributed by atoms with Crippen LogP contribution in [-0.2, 0) is 13.0 Å². The Balaban J connectivity index is 1.97. The highest BCUT2D eigenvalue weighted by Gasteiger charge is 2.23. The zero-order valence-corrected chi connectivity index (χ0v) is 16.6. The number of fused-ring (bicyclic) bond motifs is 2. The molecule has 3 aromatic heterocycles. The molecule has 28 heavy (non-hydrogen) atoms. The van der Waals surface area contributed by atoms with E-state index >= 15 is 0 Å². The summed E-state index contributed by atoms with van der Waals surface area (Å²) >= 11 is 8.87. The Morgan fingerprint density at radius 1 is 1.29 bits per heavy atom. The summed E-state index contributed by atoms with van der Waals surface area (Å²) in [6.45, 7) is 1.30. The number of rotatable bonds is 5. The van der Waals surface area contributed by atoms with Gasteiger partial charge in [0, 0.05) is 12.0 Å². The first-order valence-corrected chi connectivity index (χ1v) is 9.34. The maximum Gasteiger partial charge on any atom is 0.238 e. The standard InChI is InChI=1S/C17H17F2N7S2/c1-17(27,28)7-12-15-14(10(19)8-26(15)23-16(20)21-12)9-2-3-11-13(6-9)25(5-4-18)24-22-11/h2-3,6,8,27-28H,4-5,7H2,1H3,(H2,20,23). The number of hydrogen-bond acceptors (Lipinski definition) is 7. The van der Waals surface area contributed by atoms with Crippen LogP contribution in [0.2, 0.25) is 0 Å². The van der Waals surface area contributed by atoms with Crippen molar-refractivity contribution in [3.8, 4) is 11.1 Å². The van der Waals surface area contributed by atoms with E-state index in [0.29, 0.717) is 39.8 Å². The molecule has 0 unspecified atom stereocenters. The molecule has 0 atom stereocenters. The van der Waals surface area contributed by atoms with Gasteiger partial charge in [0.25, 0.3) is 0 Å². The van der Waals surface area contributed by atoms with Gasteiger partial charge in [-0.05, 0) is 24.6 Å². The Bertz CT molecular complexity index is 1180. The van der Waals surface area contributed by atoms with Crippen molar-refractivity contribution in [3.05, 3.63) is 35.9 Å². The molecule has 11 heteroatoms. The van der Waals surface area contributed by atoms with Crippen LogP contribution < -0.4 is 5.73 Å². The zero-order chi connectivity index (χ0) is 20.1. The number of anilines is 1. The van der Waals surface area contributed by atoms with Crippen LogP contribution in [-0.4, -0.2) is 40.3 Å². The summed E-state index contributed by atoms with van der Waals surface area (Å²) in [5.41, 5.74) is 8.88. The Hall–Kier alpha value is -2.40. The monoisotopic (exact) mass is 421 g/mol. The van der Waals surface area contributed by atoms with Crippen molar-refractivity contribution in [2.45, 2.75) is 24.0 Å². The minimum atomic E-state index is -0.688. The quantitative estimate of drug-likeness (QED) is 0.341. The van der Waals surface area contributed by atoms with E-state index in [9.17, 15) is 8.78 Å². The summed E-state index contributed by atoms with van der Waals surface area (Å²) in [5.74, 6) is -0.458. The molecule has 0 bridgehead atoms. The van der Waals surface area contributed by atoms with E-state index in [-0.39, 0.29) is 12.5 Å². The van der Waals surface area contributed by atoms with Gasteiger partial charge < -0.3 is 5.73 Å². The smallest absolute Gasteiger partial charge is 0.238 e. The van der Waals surface area contributed by atoms with Crippen molar-refractivity contribution in [1.82, 2.24) is 29.6 Å². The summed E-state index contributed by atoms with van der Waals surface area (Å²) in [5, 5.41) is 12.0. The lowest BCUT2D eigenvalue weighted by molar-refractivity contribution is 0.428. The molecule has 0 radical (unpaired) electrons. The number of benzene rings is 1. The lowest BCUT2D eigenvalue weighted by Crippen LogP contribution is -2.15. The lowest BCUT2D eigenvalue weighted by Gasteiger charge is -2.17. The van der Waals surface area contributed by atoms with E-state index in [1.165, 1.54) is 15.4 Å². The number of nitrogens with zero attached hydrogens (tertiary/aromatic N) is 6. The van der Waals surface area contributed by atoms with Crippen LogP contribution >= 0.6 is 25.3 Å². The molecule has 146 valence electrons. The van der Waals surface area contributed by atoms with Crippen LogP contribution in [0.5, 0.6) is 0 Å². The van der Waals surface area contributed by atoms with Gasteiger partial charge >= 0.3 is 0 Å². The fourth-order valence-corrected chi connectivity index (χ4v) is 3.52. The van der Waals surface area contributed by atoms with Crippen molar-refractivity contribution in [2.75, 3.05) is 12.4 Å². The maximum absolute atomic E-state index is 14.9. The van der Waals surface area contributed by atoms with Crippen LogP contribution in [0.4, 0.5) is 14.7 Å². The third-order valence-corrected chi connectivity index (χ3v) is 4.59. The van der Waals surface area contributed by atoms with Crippen LogP contribution in [0.15, 0.2) is 24.4 Å². The molecule has 4 aromatic rings. The highest BCUT2D eigenvalue weighted by Crippen LogP contribution is 2.34. The summed E-state index contributed by atoms with van der Waals surface area (Å²) in [6.07, 6.45) is 1.58. The molecule has 2 N–H and O–H groups in total. The van der Waals surface area contributed by atoms with Crippen molar-refractivity contribution in [3.63, 3.8) is 0 Å². The second-order valence-electron chi connectivity index (χ2n) is 6.66. The molecule has 4 rings (SSSR count). The Morgan fingerprint density at radius 3 is 2.79 bits per heavy atom. The summed E-state index contributed by atoms with van der Waals surface area (Å²) in [7, 11) is 0. The van der Waals surface area contributed by atoms with Gasteiger partial charge in [-0.15, -0.1) is 10.2 Å². The Morgan fingerprint density at radius 2 is 2.07 bits per heavy atom. The molecule has 3 heterocycles. The second kappa shape index (κ2) is 6.89. The van der Waals surface area contributed by atoms with Gasteiger partial charge in [-0.2, -0.15) is 25.3 Å². The third kappa shape index (κ3) is 3.39. The summed E-state index contributed by atoms with van der Waals surface area (Å²) < 4.78 is 29.9. The first-order valence-electron chi connectivity index (χ1n) is 8.44.